The minimum absolute atomic E-state index is 0. The molecule has 2 aliphatic heterocycles. The monoisotopic (exact) mass is 309 g/mol. The van der Waals surface area contributed by atoms with Crippen LogP contribution in [0.1, 0.15) is 20.3 Å². The predicted octanol–water partition coefficient (Wildman–Crippen LogP) is -5.00. The van der Waals surface area contributed by atoms with Crippen molar-refractivity contribution in [1.82, 2.24) is 4.90 Å². The molecule has 2 heterocycles. The number of ketones is 1. The number of carbonyl (C=O) groups is 3. The first-order valence-electron chi connectivity index (χ1n) is 5.58. The Hall–Kier alpha value is -0.700. The number of fused-ring (bicyclic) bond motifs is 1. The van der Waals surface area contributed by atoms with Gasteiger partial charge in [-0.3, -0.25) is 9.59 Å². The van der Waals surface area contributed by atoms with E-state index in [0.29, 0.717) is 0 Å². The van der Waals surface area contributed by atoms with E-state index in [1.54, 1.807) is 0 Å². The molecule has 2 saturated heterocycles. The summed E-state index contributed by atoms with van der Waals surface area (Å²) in [5.74, 6) is -2.59. The summed E-state index contributed by atoms with van der Waals surface area (Å²) in [6.07, 6.45) is 1.82. The first-order chi connectivity index (χ1) is 8.63. The average Bonchev–Trinajstić information content (AvgIpc) is 2.41. The van der Waals surface area contributed by atoms with Crippen molar-refractivity contribution in [1.29, 1.82) is 0 Å². The van der Waals surface area contributed by atoms with Gasteiger partial charge in [0.25, 0.3) is 0 Å². The molecule has 3 atom stereocenters. The number of hydrogen-bond donors (Lipinski definition) is 0. The van der Waals surface area contributed by atoms with Crippen LogP contribution in [-0.4, -0.2) is 47.1 Å². The number of allylic oxidation sites excluding steroid dienone is 1. The van der Waals surface area contributed by atoms with E-state index in [-0.39, 0.29) is 36.0 Å². The van der Waals surface area contributed by atoms with E-state index in [0.717, 1.165) is 17.1 Å². The van der Waals surface area contributed by atoms with Crippen molar-refractivity contribution in [3.63, 3.8) is 0 Å². The number of aliphatic carboxylic acids is 1. The molecular formula is C11H12NNaO6S. The average molecular weight is 309 g/mol. The minimum atomic E-state index is -3.91. The van der Waals surface area contributed by atoms with E-state index in [2.05, 4.69) is 0 Å². The number of carbonyl (C=O) groups excluding carboxylic acids is 3. The van der Waals surface area contributed by atoms with Crippen molar-refractivity contribution in [2.45, 2.75) is 36.4 Å². The summed E-state index contributed by atoms with van der Waals surface area (Å²) in [7, 11) is -3.91. The van der Waals surface area contributed by atoms with Crippen LogP contribution in [0.2, 0.25) is 0 Å². The standard InChI is InChI=1S/C11H13NO6S.Na/c1-6(13)3-4-11(2)9(10(15)16)12-7(14)5-8(12)19(11,17)18;/h3-4,8-9H,5H2,1-2H3,(H,15,16);/q;+1/p-1/b4-3+;/t8-,9+,11+;/m1./s1. The number of hydrogen-bond acceptors (Lipinski definition) is 6. The van der Waals surface area contributed by atoms with Crippen LogP contribution < -0.4 is 34.7 Å². The predicted molar refractivity (Wildman–Crippen MR) is 61.2 cm³/mol. The van der Waals surface area contributed by atoms with Crippen LogP contribution in [-0.2, 0) is 24.2 Å². The fraction of sp³-hybridized carbons (Fsp3) is 0.545. The number of carboxylic acids is 1. The largest absolute Gasteiger partial charge is 1.00 e. The summed E-state index contributed by atoms with van der Waals surface area (Å²) >= 11 is 0. The summed E-state index contributed by atoms with van der Waals surface area (Å²) in [5, 5.41) is 10.1. The molecule has 0 aliphatic carbocycles. The third-order valence-electron chi connectivity index (χ3n) is 3.61. The van der Waals surface area contributed by atoms with Gasteiger partial charge >= 0.3 is 29.6 Å². The second-order valence-electron chi connectivity index (χ2n) is 4.85. The molecule has 0 bridgehead atoms. The van der Waals surface area contributed by atoms with Crippen LogP contribution in [0, 0.1) is 0 Å². The Balaban J connectivity index is 0.00000200. The van der Waals surface area contributed by atoms with Gasteiger partial charge in [0.2, 0.25) is 5.91 Å². The molecule has 0 spiro atoms. The van der Waals surface area contributed by atoms with E-state index in [1.807, 2.05) is 0 Å². The topological polar surface area (TPSA) is 112 Å². The first kappa shape index (κ1) is 17.4. The SMILES string of the molecule is CC(=O)/C=C/[C@@]1(C)[C@H](C(=O)[O-])N2C(=O)C[C@H]2S1(=O)=O.[Na+]. The molecule has 0 saturated carbocycles. The first-order valence-corrected chi connectivity index (χ1v) is 7.13. The second-order valence-corrected chi connectivity index (χ2v) is 7.37. The van der Waals surface area contributed by atoms with Gasteiger partial charge in [-0.2, -0.15) is 0 Å². The van der Waals surface area contributed by atoms with Crippen molar-refractivity contribution < 1.29 is 57.5 Å². The maximum Gasteiger partial charge on any atom is 1.00 e. The molecule has 0 unspecified atom stereocenters. The number of β-lactam (4-membered cyclic amide) rings is 1. The van der Waals surface area contributed by atoms with E-state index in [4.69, 9.17) is 0 Å². The fourth-order valence-corrected chi connectivity index (χ4v) is 4.78. The van der Waals surface area contributed by atoms with Gasteiger partial charge in [-0.1, -0.05) is 6.08 Å². The smallest absolute Gasteiger partial charge is 0.548 e. The number of sulfone groups is 1. The van der Waals surface area contributed by atoms with E-state index in [1.165, 1.54) is 13.8 Å². The van der Waals surface area contributed by atoms with Crippen LogP contribution in [0.15, 0.2) is 12.2 Å². The molecule has 9 heteroatoms. The molecule has 2 fully saturated rings. The van der Waals surface area contributed by atoms with Crippen LogP contribution >= 0.6 is 0 Å². The van der Waals surface area contributed by atoms with Crippen molar-refractivity contribution in [2.24, 2.45) is 0 Å². The summed E-state index contributed by atoms with van der Waals surface area (Å²) in [6.45, 7) is 2.41. The minimum Gasteiger partial charge on any atom is -0.548 e. The van der Waals surface area contributed by atoms with Crippen LogP contribution in [0.25, 0.3) is 0 Å². The zero-order chi connectivity index (χ0) is 14.6. The molecule has 0 N–H and O–H groups in total. The maximum absolute atomic E-state index is 12.3. The van der Waals surface area contributed by atoms with Crippen molar-refractivity contribution in [3.05, 3.63) is 12.2 Å². The Labute approximate surface area is 138 Å². The van der Waals surface area contributed by atoms with Gasteiger partial charge in [-0.15, -0.1) is 0 Å². The normalized spacial score (nSPS) is 34.3. The fourth-order valence-electron chi connectivity index (χ4n) is 2.51. The Morgan fingerprint density at radius 3 is 2.40 bits per heavy atom. The van der Waals surface area contributed by atoms with Gasteiger partial charge in [0.05, 0.1) is 18.4 Å². The number of rotatable bonds is 3. The molecule has 0 radical (unpaired) electrons. The molecule has 2 rings (SSSR count). The third kappa shape index (κ3) is 2.14. The van der Waals surface area contributed by atoms with Crippen LogP contribution in [0.4, 0.5) is 0 Å². The van der Waals surface area contributed by atoms with Gasteiger partial charge < -0.3 is 14.8 Å². The summed E-state index contributed by atoms with van der Waals surface area (Å²) in [5.41, 5.74) is 0. The number of nitrogens with zero attached hydrogens (tertiary/aromatic N) is 1. The molecule has 7 nitrogen and oxygen atoms in total. The van der Waals surface area contributed by atoms with E-state index in [9.17, 15) is 27.9 Å². The molecule has 0 aromatic rings. The van der Waals surface area contributed by atoms with Gasteiger partial charge in [0.15, 0.2) is 15.6 Å². The van der Waals surface area contributed by atoms with E-state index >= 15 is 0 Å². The quantitative estimate of drug-likeness (QED) is 0.293. The molecule has 0 aromatic heterocycles. The zero-order valence-electron chi connectivity index (χ0n) is 11.3. The summed E-state index contributed by atoms with van der Waals surface area (Å²) < 4.78 is 22.8. The zero-order valence-corrected chi connectivity index (χ0v) is 14.1. The maximum atomic E-state index is 12.3. The van der Waals surface area contributed by atoms with Crippen molar-refractivity contribution in [3.8, 4) is 0 Å². The Kier molecular flexibility index (Phi) is 4.55. The molecule has 1 amide bonds. The van der Waals surface area contributed by atoms with Gasteiger partial charge in [-0.05, 0) is 19.9 Å². The Morgan fingerprint density at radius 2 is 2.00 bits per heavy atom. The van der Waals surface area contributed by atoms with Crippen LogP contribution in [0.3, 0.4) is 0 Å². The van der Waals surface area contributed by atoms with Gasteiger partial charge in [0, 0.05) is 0 Å². The molecule has 0 aromatic carbocycles. The van der Waals surface area contributed by atoms with Crippen molar-refractivity contribution in [2.75, 3.05) is 0 Å². The molecule has 104 valence electrons. The summed E-state index contributed by atoms with van der Waals surface area (Å²) in [6, 6.07) is -1.60. The molecular weight excluding hydrogens is 297 g/mol. The summed E-state index contributed by atoms with van der Waals surface area (Å²) in [4.78, 5) is 34.4. The molecule has 20 heavy (non-hydrogen) atoms. The molecule has 2 aliphatic rings. The third-order valence-corrected chi connectivity index (χ3v) is 6.31. The number of carboxylic acid groups (broad SMARTS) is 1. The Morgan fingerprint density at radius 1 is 1.45 bits per heavy atom. The van der Waals surface area contributed by atoms with Crippen molar-refractivity contribution >= 4 is 27.5 Å². The van der Waals surface area contributed by atoms with E-state index < -0.39 is 43.7 Å². The van der Waals surface area contributed by atoms with Gasteiger partial charge in [-0.25, -0.2) is 8.42 Å². The number of amides is 1. The van der Waals surface area contributed by atoms with Crippen LogP contribution in [0.5, 0.6) is 0 Å². The van der Waals surface area contributed by atoms with Gasteiger partial charge in [0.1, 0.15) is 10.1 Å². The second kappa shape index (κ2) is 5.25. The Bertz CT molecular complexity index is 612.